The molecular formula is C14H21BrN2O3. The lowest BCUT2D eigenvalue weighted by atomic mass is 9.96. The molecule has 1 atom stereocenters. The monoisotopic (exact) mass is 344 g/mol. The number of nitro benzene ring substituents is 1. The van der Waals surface area contributed by atoms with Crippen molar-refractivity contribution in [3.63, 3.8) is 0 Å². The van der Waals surface area contributed by atoms with Crippen LogP contribution < -0.4 is 5.32 Å². The van der Waals surface area contributed by atoms with Crippen molar-refractivity contribution >= 4 is 21.6 Å². The van der Waals surface area contributed by atoms with Gasteiger partial charge in [0, 0.05) is 29.7 Å². The highest BCUT2D eigenvalue weighted by Crippen LogP contribution is 2.21. The van der Waals surface area contributed by atoms with E-state index in [4.69, 9.17) is 0 Å². The molecular weight excluding hydrogens is 324 g/mol. The Morgan fingerprint density at radius 1 is 1.35 bits per heavy atom. The second kappa shape index (κ2) is 8.34. The molecule has 6 heteroatoms. The highest BCUT2D eigenvalue weighted by Gasteiger charge is 2.15. The van der Waals surface area contributed by atoms with Crippen molar-refractivity contribution in [1.29, 1.82) is 0 Å². The Balaban J connectivity index is 2.56. The van der Waals surface area contributed by atoms with E-state index in [1.54, 1.807) is 6.07 Å². The lowest BCUT2D eigenvalue weighted by Crippen LogP contribution is -2.32. The lowest BCUT2D eigenvalue weighted by Gasteiger charge is -2.20. The molecule has 1 rings (SSSR count). The number of halogens is 1. The molecule has 0 aliphatic heterocycles. The Labute approximate surface area is 127 Å². The predicted octanol–water partition coefficient (Wildman–Crippen LogP) is 3.24. The number of nitrogens with one attached hydrogen (secondary N) is 1. The van der Waals surface area contributed by atoms with Crippen LogP contribution in [0.3, 0.4) is 0 Å². The SMILES string of the molecule is CCC(CC)C(O)CNCc1cc(Br)cc([N+](=O)[O-])c1. The summed E-state index contributed by atoms with van der Waals surface area (Å²) in [6.07, 6.45) is 1.51. The summed E-state index contributed by atoms with van der Waals surface area (Å²) >= 11 is 3.27. The minimum Gasteiger partial charge on any atom is -0.392 e. The van der Waals surface area contributed by atoms with E-state index in [2.05, 4.69) is 35.1 Å². The van der Waals surface area contributed by atoms with Crippen LogP contribution in [0.1, 0.15) is 32.3 Å². The third-order valence-electron chi connectivity index (χ3n) is 3.43. The molecule has 0 spiro atoms. The number of aliphatic hydroxyl groups excluding tert-OH is 1. The van der Waals surface area contributed by atoms with Crippen LogP contribution in [-0.2, 0) is 6.54 Å². The molecule has 0 heterocycles. The van der Waals surface area contributed by atoms with Gasteiger partial charge in [0.25, 0.3) is 5.69 Å². The number of aliphatic hydroxyl groups is 1. The van der Waals surface area contributed by atoms with Gasteiger partial charge in [-0.15, -0.1) is 0 Å². The maximum Gasteiger partial charge on any atom is 0.270 e. The summed E-state index contributed by atoms with van der Waals surface area (Å²) in [5.74, 6) is 0.291. The molecule has 0 aliphatic rings. The number of benzene rings is 1. The first-order valence-corrected chi connectivity index (χ1v) is 7.59. The van der Waals surface area contributed by atoms with Crippen LogP contribution in [0.5, 0.6) is 0 Å². The molecule has 0 radical (unpaired) electrons. The molecule has 1 aromatic carbocycles. The molecule has 112 valence electrons. The molecule has 0 fully saturated rings. The zero-order chi connectivity index (χ0) is 15.1. The third-order valence-corrected chi connectivity index (χ3v) is 3.89. The fourth-order valence-corrected chi connectivity index (χ4v) is 2.73. The van der Waals surface area contributed by atoms with E-state index >= 15 is 0 Å². The maximum atomic E-state index is 10.8. The van der Waals surface area contributed by atoms with Gasteiger partial charge in [0.1, 0.15) is 0 Å². The van der Waals surface area contributed by atoms with Crippen LogP contribution in [0.15, 0.2) is 22.7 Å². The summed E-state index contributed by atoms with van der Waals surface area (Å²) < 4.78 is 0.684. The van der Waals surface area contributed by atoms with E-state index in [9.17, 15) is 15.2 Å². The standard InChI is InChI=1S/C14H21BrN2O3/c1-3-11(4-2)14(18)9-16-8-10-5-12(15)7-13(6-10)17(19)20/h5-7,11,14,16,18H,3-4,8-9H2,1-2H3. The summed E-state index contributed by atoms with van der Waals surface area (Å²) in [6.45, 7) is 5.12. The molecule has 20 heavy (non-hydrogen) atoms. The number of nitro groups is 1. The highest BCUT2D eigenvalue weighted by molar-refractivity contribution is 9.10. The van der Waals surface area contributed by atoms with E-state index in [-0.39, 0.29) is 11.8 Å². The van der Waals surface area contributed by atoms with Gasteiger partial charge in [-0.05, 0) is 17.5 Å². The lowest BCUT2D eigenvalue weighted by molar-refractivity contribution is -0.385. The Morgan fingerprint density at radius 2 is 2.00 bits per heavy atom. The van der Waals surface area contributed by atoms with Crippen molar-refractivity contribution in [2.75, 3.05) is 6.54 Å². The summed E-state index contributed by atoms with van der Waals surface area (Å²) in [5.41, 5.74) is 0.888. The van der Waals surface area contributed by atoms with Gasteiger partial charge in [0.05, 0.1) is 11.0 Å². The zero-order valence-electron chi connectivity index (χ0n) is 11.8. The molecule has 0 amide bonds. The zero-order valence-corrected chi connectivity index (χ0v) is 13.4. The van der Waals surface area contributed by atoms with Crippen LogP contribution in [0.25, 0.3) is 0 Å². The first-order chi connectivity index (χ1) is 9.47. The first kappa shape index (κ1) is 17.1. The molecule has 1 unspecified atom stereocenters. The summed E-state index contributed by atoms with van der Waals surface area (Å²) in [7, 11) is 0. The van der Waals surface area contributed by atoms with E-state index in [0.29, 0.717) is 23.5 Å². The van der Waals surface area contributed by atoms with Gasteiger partial charge in [0.15, 0.2) is 0 Å². The Hall–Kier alpha value is -0.980. The van der Waals surface area contributed by atoms with E-state index in [1.807, 2.05) is 6.07 Å². The highest BCUT2D eigenvalue weighted by atomic mass is 79.9. The van der Waals surface area contributed by atoms with Gasteiger partial charge in [-0.3, -0.25) is 10.1 Å². The number of non-ortho nitro benzene ring substituents is 1. The fraction of sp³-hybridized carbons (Fsp3) is 0.571. The molecule has 0 aromatic heterocycles. The molecule has 0 aliphatic carbocycles. The normalized spacial score (nSPS) is 12.7. The Morgan fingerprint density at radius 3 is 2.55 bits per heavy atom. The minimum atomic E-state index is -0.409. The van der Waals surface area contributed by atoms with Crippen LogP contribution in [0.2, 0.25) is 0 Å². The van der Waals surface area contributed by atoms with E-state index in [1.165, 1.54) is 6.07 Å². The fourth-order valence-electron chi connectivity index (χ4n) is 2.20. The van der Waals surface area contributed by atoms with Gasteiger partial charge in [-0.1, -0.05) is 42.6 Å². The number of hydrogen-bond donors (Lipinski definition) is 2. The van der Waals surface area contributed by atoms with Crippen molar-refractivity contribution in [2.45, 2.75) is 39.3 Å². The minimum absolute atomic E-state index is 0.0664. The molecule has 2 N–H and O–H groups in total. The average Bonchev–Trinajstić information content (AvgIpc) is 2.39. The summed E-state index contributed by atoms with van der Waals surface area (Å²) in [4.78, 5) is 10.4. The summed E-state index contributed by atoms with van der Waals surface area (Å²) in [6, 6.07) is 4.85. The maximum absolute atomic E-state index is 10.8. The molecule has 5 nitrogen and oxygen atoms in total. The van der Waals surface area contributed by atoms with Crippen molar-refractivity contribution in [2.24, 2.45) is 5.92 Å². The van der Waals surface area contributed by atoms with Crippen LogP contribution >= 0.6 is 15.9 Å². The molecule has 0 bridgehead atoms. The first-order valence-electron chi connectivity index (χ1n) is 6.80. The van der Waals surface area contributed by atoms with Crippen LogP contribution in [0, 0.1) is 16.0 Å². The Bertz CT molecular complexity index is 450. The van der Waals surface area contributed by atoms with Gasteiger partial charge in [-0.2, -0.15) is 0 Å². The topological polar surface area (TPSA) is 75.4 Å². The van der Waals surface area contributed by atoms with Gasteiger partial charge >= 0.3 is 0 Å². The number of rotatable bonds is 8. The van der Waals surface area contributed by atoms with Gasteiger partial charge < -0.3 is 10.4 Å². The smallest absolute Gasteiger partial charge is 0.270 e. The second-order valence-corrected chi connectivity index (χ2v) is 5.77. The largest absolute Gasteiger partial charge is 0.392 e. The van der Waals surface area contributed by atoms with Gasteiger partial charge in [0.2, 0.25) is 0 Å². The average molecular weight is 345 g/mol. The quantitative estimate of drug-likeness (QED) is 0.560. The molecule has 0 saturated carbocycles. The summed E-state index contributed by atoms with van der Waals surface area (Å²) in [5, 5.41) is 23.9. The number of nitrogens with zero attached hydrogens (tertiary/aromatic N) is 1. The molecule has 1 aromatic rings. The van der Waals surface area contributed by atoms with Crippen molar-refractivity contribution < 1.29 is 10.0 Å². The number of hydrogen-bond acceptors (Lipinski definition) is 4. The second-order valence-electron chi connectivity index (χ2n) is 4.85. The van der Waals surface area contributed by atoms with Crippen LogP contribution in [0.4, 0.5) is 5.69 Å². The molecule has 0 saturated heterocycles. The van der Waals surface area contributed by atoms with Crippen LogP contribution in [-0.4, -0.2) is 22.7 Å². The predicted molar refractivity (Wildman–Crippen MR) is 82.6 cm³/mol. The van der Waals surface area contributed by atoms with Crippen molar-refractivity contribution in [3.8, 4) is 0 Å². The third kappa shape index (κ3) is 5.19. The van der Waals surface area contributed by atoms with Crippen molar-refractivity contribution in [3.05, 3.63) is 38.3 Å². The Kier molecular flexibility index (Phi) is 7.12. The van der Waals surface area contributed by atoms with E-state index < -0.39 is 4.92 Å². The van der Waals surface area contributed by atoms with E-state index in [0.717, 1.165) is 18.4 Å². The van der Waals surface area contributed by atoms with Gasteiger partial charge in [-0.25, -0.2) is 0 Å². The van der Waals surface area contributed by atoms with Crippen molar-refractivity contribution in [1.82, 2.24) is 5.32 Å².